The summed E-state index contributed by atoms with van der Waals surface area (Å²) in [6.07, 6.45) is 4.38. The van der Waals surface area contributed by atoms with E-state index in [1.165, 1.54) is 0 Å². The molecule has 7 heteroatoms. The van der Waals surface area contributed by atoms with Crippen molar-refractivity contribution in [3.63, 3.8) is 0 Å². The van der Waals surface area contributed by atoms with Crippen LogP contribution in [0.15, 0.2) is 4.52 Å². The van der Waals surface area contributed by atoms with Crippen LogP contribution >= 0.6 is 11.8 Å². The number of likely N-dealkylation sites (tertiary alicyclic amines) is 2. The highest BCUT2D eigenvalue weighted by Crippen LogP contribution is 2.42. The van der Waals surface area contributed by atoms with Crippen LogP contribution in [-0.4, -0.2) is 57.9 Å². The lowest BCUT2D eigenvalue weighted by atomic mass is 9.77. The van der Waals surface area contributed by atoms with Gasteiger partial charge in [-0.25, -0.2) is 0 Å². The zero-order valence-electron chi connectivity index (χ0n) is 15.5. The third kappa shape index (κ3) is 3.57. The fraction of sp³-hybridized carbons (Fsp3) is 0.722. The summed E-state index contributed by atoms with van der Waals surface area (Å²) in [5.74, 6) is 1.22. The molecule has 2 amide bonds. The van der Waals surface area contributed by atoms with E-state index in [9.17, 15) is 9.59 Å². The van der Waals surface area contributed by atoms with Gasteiger partial charge in [0.1, 0.15) is 5.76 Å². The van der Waals surface area contributed by atoms with Gasteiger partial charge in [-0.15, -0.1) is 0 Å². The van der Waals surface area contributed by atoms with Crippen molar-refractivity contribution in [2.75, 3.05) is 25.9 Å². The predicted molar refractivity (Wildman–Crippen MR) is 97.2 cm³/mol. The maximum absolute atomic E-state index is 12.6. The molecule has 6 nitrogen and oxygen atoms in total. The third-order valence-electron chi connectivity index (χ3n) is 5.77. The Morgan fingerprint density at radius 1 is 1.36 bits per heavy atom. The molecule has 0 radical (unpaired) electrons. The molecule has 2 saturated heterocycles. The smallest absolute Gasteiger partial charge is 0.235 e. The summed E-state index contributed by atoms with van der Waals surface area (Å²) in [4.78, 5) is 28.8. The van der Waals surface area contributed by atoms with Gasteiger partial charge in [0, 0.05) is 37.0 Å². The molecule has 0 unspecified atom stereocenters. The Morgan fingerprint density at radius 2 is 2.04 bits per heavy atom. The summed E-state index contributed by atoms with van der Waals surface area (Å²) in [5, 5.41) is 3.99. The number of hydrogen-bond acceptors (Lipinski definition) is 5. The maximum atomic E-state index is 12.6. The van der Waals surface area contributed by atoms with E-state index in [-0.39, 0.29) is 22.5 Å². The molecule has 2 aliphatic heterocycles. The Labute approximate surface area is 153 Å². The van der Waals surface area contributed by atoms with Gasteiger partial charge in [0.15, 0.2) is 0 Å². The van der Waals surface area contributed by atoms with Crippen molar-refractivity contribution in [1.29, 1.82) is 0 Å². The molecule has 3 heterocycles. The molecule has 2 fully saturated rings. The second-order valence-electron chi connectivity index (χ2n) is 7.43. The van der Waals surface area contributed by atoms with Gasteiger partial charge in [-0.2, -0.15) is 11.8 Å². The molecule has 25 heavy (non-hydrogen) atoms. The summed E-state index contributed by atoms with van der Waals surface area (Å²) < 4.78 is 5.22. The lowest BCUT2D eigenvalue weighted by Crippen LogP contribution is -2.46. The zero-order chi connectivity index (χ0) is 18.2. The Kier molecular flexibility index (Phi) is 5.14. The maximum Gasteiger partial charge on any atom is 0.235 e. The predicted octanol–water partition coefficient (Wildman–Crippen LogP) is 2.38. The average Bonchev–Trinajstić information content (AvgIpc) is 3.08. The highest BCUT2D eigenvalue weighted by atomic mass is 32.2. The van der Waals surface area contributed by atoms with Gasteiger partial charge in [0.2, 0.25) is 11.8 Å². The number of rotatable bonds is 4. The Balaban J connectivity index is 1.62. The molecular formula is C18H27N3O3S. The number of piperidine rings is 1. The number of thioether (sulfide) groups is 1. The van der Waals surface area contributed by atoms with Crippen molar-refractivity contribution >= 4 is 23.6 Å². The average molecular weight is 365 g/mol. The topological polar surface area (TPSA) is 66.7 Å². The SMILES string of the molecule is CS[C@H](C)C(=O)N1CCC2(CC1)CC(=O)N(Cc1c(C)noc1C)C2. The van der Waals surface area contributed by atoms with Crippen LogP contribution in [0, 0.1) is 19.3 Å². The van der Waals surface area contributed by atoms with Crippen LogP contribution in [-0.2, 0) is 16.1 Å². The van der Waals surface area contributed by atoms with E-state index in [1.54, 1.807) is 11.8 Å². The largest absolute Gasteiger partial charge is 0.361 e. The van der Waals surface area contributed by atoms with Crippen LogP contribution in [0.3, 0.4) is 0 Å². The van der Waals surface area contributed by atoms with Gasteiger partial charge in [-0.05, 0) is 39.9 Å². The second-order valence-corrected chi connectivity index (χ2v) is 8.61. The van der Waals surface area contributed by atoms with Crippen LogP contribution in [0.25, 0.3) is 0 Å². The number of amides is 2. The van der Waals surface area contributed by atoms with Crippen LogP contribution in [0.4, 0.5) is 0 Å². The van der Waals surface area contributed by atoms with E-state index >= 15 is 0 Å². The minimum Gasteiger partial charge on any atom is -0.361 e. The highest BCUT2D eigenvalue weighted by Gasteiger charge is 2.45. The van der Waals surface area contributed by atoms with Crippen molar-refractivity contribution in [3.8, 4) is 0 Å². The summed E-state index contributed by atoms with van der Waals surface area (Å²) in [6, 6.07) is 0. The van der Waals surface area contributed by atoms with Crippen molar-refractivity contribution in [1.82, 2.24) is 15.0 Å². The van der Waals surface area contributed by atoms with Gasteiger partial charge in [-0.3, -0.25) is 9.59 Å². The molecule has 1 spiro atoms. The van der Waals surface area contributed by atoms with E-state index < -0.39 is 0 Å². The van der Waals surface area contributed by atoms with Crippen LogP contribution in [0.5, 0.6) is 0 Å². The minimum absolute atomic E-state index is 0.00954. The van der Waals surface area contributed by atoms with Gasteiger partial charge in [-0.1, -0.05) is 5.16 Å². The Hall–Kier alpha value is -1.50. The first-order chi connectivity index (χ1) is 11.8. The monoisotopic (exact) mass is 365 g/mol. The van der Waals surface area contributed by atoms with Gasteiger partial charge in [0.05, 0.1) is 17.5 Å². The molecule has 1 aromatic rings. The molecule has 3 rings (SSSR count). The molecule has 0 aliphatic carbocycles. The number of hydrogen-bond donors (Lipinski definition) is 0. The summed E-state index contributed by atoms with van der Waals surface area (Å²) in [5.41, 5.74) is 1.90. The summed E-state index contributed by atoms with van der Waals surface area (Å²) >= 11 is 1.59. The number of carbonyl (C=O) groups excluding carboxylic acids is 2. The summed E-state index contributed by atoms with van der Waals surface area (Å²) in [6.45, 7) is 8.64. The lowest BCUT2D eigenvalue weighted by molar-refractivity contribution is -0.132. The number of aryl methyl sites for hydroxylation is 2. The van der Waals surface area contributed by atoms with Crippen LogP contribution in [0.1, 0.15) is 43.2 Å². The number of aromatic nitrogens is 1. The van der Waals surface area contributed by atoms with E-state index in [0.717, 1.165) is 49.5 Å². The molecule has 0 N–H and O–H groups in total. The van der Waals surface area contributed by atoms with Gasteiger partial charge >= 0.3 is 0 Å². The van der Waals surface area contributed by atoms with Crippen molar-refractivity contribution in [3.05, 3.63) is 17.0 Å². The van der Waals surface area contributed by atoms with Crippen molar-refractivity contribution in [2.45, 2.75) is 51.8 Å². The second kappa shape index (κ2) is 7.02. The zero-order valence-corrected chi connectivity index (χ0v) is 16.3. The molecular weight excluding hydrogens is 338 g/mol. The van der Waals surface area contributed by atoms with Crippen molar-refractivity contribution in [2.24, 2.45) is 5.41 Å². The van der Waals surface area contributed by atoms with Crippen LogP contribution in [0.2, 0.25) is 0 Å². The van der Waals surface area contributed by atoms with Gasteiger partial charge < -0.3 is 14.3 Å². The first kappa shape index (κ1) is 18.3. The highest BCUT2D eigenvalue weighted by molar-refractivity contribution is 7.99. The van der Waals surface area contributed by atoms with Crippen molar-refractivity contribution < 1.29 is 14.1 Å². The molecule has 1 aromatic heterocycles. The first-order valence-electron chi connectivity index (χ1n) is 8.86. The Morgan fingerprint density at radius 3 is 2.60 bits per heavy atom. The molecule has 1 atom stereocenters. The number of carbonyl (C=O) groups is 2. The minimum atomic E-state index is 0.00954. The lowest BCUT2D eigenvalue weighted by Gasteiger charge is -2.39. The number of nitrogens with zero attached hydrogens (tertiary/aromatic N) is 3. The first-order valence-corrected chi connectivity index (χ1v) is 10.1. The molecule has 138 valence electrons. The van der Waals surface area contributed by atoms with E-state index in [0.29, 0.717) is 13.0 Å². The molecule has 0 bridgehead atoms. The molecule has 0 saturated carbocycles. The van der Waals surface area contributed by atoms with E-state index in [4.69, 9.17) is 4.52 Å². The normalized spacial score (nSPS) is 21.2. The van der Waals surface area contributed by atoms with Gasteiger partial charge in [0.25, 0.3) is 0 Å². The Bertz CT molecular complexity index is 645. The van der Waals surface area contributed by atoms with E-state index in [1.807, 2.05) is 36.8 Å². The fourth-order valence-electron chi connectivity index (χ4n) is 3.94. The summed E-state index contributed by atoms with van der Waals surface area (Å²) in [7, 11) is 0. The fourth-order valence-corrected chi connectivity index (χ4v) is 4.29. The quantitative estimate of drug-likeness (QED) is 0.820. The third-order valence-corrected chi connectivity index (χ3v) is 6.68. The molecule has 2 aliphatic rings. The standard InChI is InChI=1S/C18H27N3O3S/c1-12-15(13(2)24-19-12)10-21-11-18(9-16(21)22)5-7-20(8-6-18)17(23)14(3)25-4/h14H,5-11H2,1-4H3/t14-/m1/s1. The van der Waals surface area contributed by atoms with Crippen LogP contribution < -0.4 is 0 Å². The molecule has 0 aromatic carbocycles. The van der Waals surface area contributed by atoms with E-state index in [2.05, 4.69) is 5.16 Å².